The number of carbonyl (C=O) groups is 4. The standard InChI is InChI=1S/C12H16N2O6/c1-7(9(15)13-3-5-19-11(13)17)8(2)10(16)14-4-6-20-12(14)18/h7-8H,3-6H2,1-2H3/t7-,8-/m1/s1. The van der Waals surface area contributed by atoms with Crippen molar-refractivity contribution in [3.05, 3.63) is 0 Å². The van der Waals surface area contributed by atoms with Crippen molar-refractivity contribution in [2.75, 3.05) is 26.3 Å². The van der Waals surface area contributed by atoms with Gasteiger partial charge in [0, 0.05) is 11.8 Å². The summed E-state index contributed by atoms with van der Waals surface area (Å²) in [6.45, 7) is 3.81. The molecule has 0 unspecified atom stereocenters. The van der Waals surface area contributed by atoms with Crippen molar-refractivity contribution < 1.29 is 28.7 Å². The molecule has 20 heavy (non-hydrogen) atoms. The van der Waals surface area contributed by atoms with Crippen LogP contribution in [0.25, 0.3) is 0 Å². The van der Waals surface area contributed by atoms with Crippen LogP contribution in [0, 0.1) is 11.8 Å². The number of carbonyl (C=O) groups excluding carboxylic acids is 4. The van der Waals surface area contributed by atoms with Crippen molar-refractivity contribution in [3.63, 3.8) is 0 Å². The van der Waals surface area contributed by atoms with Crippen LogP contribution >= 0.6 is 0 Å². The van der Waals surface area contributed by atoms with E-state index in [0.717, 1.165) is 9.80 Å². The van der Waals surface area contributed by atoms with Crippen LogP contribution in [-0.4, -0.2) is 60.1 Å². The first-order valence-corrected chi connectivity index (χ1v) is 6.39. The lowest BCUT2D eigenvalue weighted by Gasteiger charge is -2.23. The summed E-state index contributed by atoms with van der Waals surface area (Å²) >= 11 is 0. The van der Waals surface area contributed by atoms with Gasteiger partial charge in [-0.3, -0.25) is 9.59 Å². The number of amides is 4. The summed E-state index contributed by atoms with van der Waals surface area (Å²) in [5.41, 5.74) is 0. The van der Waals surface area contributed by atoms with Gasteiger partial charge in [-0.1, -0.05) is 13.8 Å². The zero-order valence-corrected chi connectivity index (χ0v) is 11.3. The summed E-state index contributed by atoms with van der Waals surface area (Å²) in [5, 5.41) is 0. The molecular weight excluding hydrogens is 268 g/mol. The minimum Gasteiger partial charge on any atom is -0.447 e. The molecule has 0 bridgehead atoms. The Balaban J connectivity index is 2.02. The van der Waals surface area contributed by atoms with Crippen molar-refractivity contribution in [2.24, 2.45) is 11.8 Å². The molecule has 2 saturated heterocycles. The van der Waals surface area contributed by atoms with Crippen molar-refractivity contribution in [3.8, 4) is 0 Å². The van der Waals surface area contributed by atoms with E-state index in [-0.39, 0.29) is 26.3 Å². The molecule has 2 heterocycles. The van der Waals surface area contributed by atoms with Gasteiger partial charge in [-0.15, -0.1) is 0 Å². The maximum absolute atomic E-state index is 12.1. The van der Waals surface area contributed by atoms with E-state index < -0.39 is 35.8 Å². The first-order valence-electron chi connectivity index (χ1n) is 6.39. The van der Waals surface area contributed by atoms with Gasteiger partial charge >= 0.3 is 12.2 Å². The third-order valence-electron chi connectivity index (χ3n) is 3.58. The quantitative estimate of drug-likeness (QED) is 0.735. The van der Waals surface area contributed by atoms with Gasteiger partial charge in [0.1, 0.15) is 13.2 Å². The lowest BCUT2D eigenvalue weighted by molar-refractivity contribution is -0.141. The molecule has 0 spiro atoms. The number of ether oxygens (including phenoxy) is 2. The van der Waals surface area contributed by atoms with Crippen LogP contribution in [0.2, 0.25) is 0 Å². The molecule has 110 valence electrons. The van der Waals surface area contributed by atoms with Gasteiger partial charge in [-0.25, -0.2) is 19.4 Å². The molecule has 2 fully saturated rings. The highest BCUT2D eigenvalue weighted by molar-refractivity contribution is 5.99. The number of nitrogens with zero attached hydrogens (tertiary/aromatic N) is 2. The van der Waals surface area contributed by atoms with E-state index in [1.165, 1.54) is 0 Å². The second-order valence-corrected chi connectivity index (χ2v) is 4.79. The van der Waals surface area contributed by atoms with Crippen LogP contribution in [-0.2, 0) is 19.1 Å². The second-order valence-electron chi connectivity index (χ2n) is 4.79. The second kappa shape index (κ2) is 5.48. The lowest BCUT2D eigenvalue weighted by Crippen LogP contribution is -2.44. The number of rotatable bonds is 3. The third kappa shape index (κ3) is 2.45. The third-order valence-corrected chi connectivity index (χ3v) is 3.58. The van der Waals surface area contributed by atoms with Gasteiger partial charge in [0.05, 0.1) is 13.1 Å². The number of imide groups is 2. The summed E-state index contributed by atoms with van der Waals surface area (Å²) in [5.74, 6) is -2.38. The van der Waals surface area contributed by atoms with Crippen LogP contribution in [0.5, 0.6) is 0 Å². The summed E-state index contributed by atoms with van der Waals surface area (Å²) in [7, 11) is 0. The molecule has 0 N–H and O–H groups in total. The zero-order valence-electron chi connectivity index (χ0n) is 11.3. The van der Waals surface area contributed by atoms with Crippen LogP contribution in [0.3, 0.4) is 0 Å². The summed E-state index contributed by atoms with van der Waals surface area (Å²) in [6.07, 6.45) is -1.39. The summed E-state index contributed by atoms with van der Waals surface area (Å²) in [4.78, 5) is 48.9. The summed E-state index contributed by atoms with van der Waals surface area (Å²) < 4.78 is 9.38. The van der Waals surface area contributed by atoms with E-state index in [2.05, 4.69) is 0 Å². The Bertz CT molecular complexity index is 421. The van der Waals surface area contributed by atoms with Gasteiger partial charge in [-0.2, -0.15) is 0 Å². The maximum atomic E-state index is 12.1. The monoisotopic (exact) mass is 284 g/mol. The first kappa shape index (κ1) is 14.3. The summed E-state index contributed by atoms with van der Waals surface area (Å²) in [6, 6.07) is 0. The molecule has 0 aromatic heterocycles. The van der Waals surface area contributed by atoms with E-state index in [0.29, 0.717) is 0 Å². The Morgan fingerprint density at radius 2 is 1.25 bits per heavy atom. The Morgan fingerprint density at radius 3 is 1.50 bits per heavy atom. The Labute approximate surface area is 115 Å². The zero-order chi connectivity index (χ0) is 14.9. The Kier molecular flexibility index (Phi) is 3.91. The molecule has 0 radical (unpaired) electrons. The van der Waals surface area contributed by atoms with Gasteiger partial charge in [0.2, 0.25) is 11.8 Å². The molecule has 4 amide bonds. The highest BCUT2D eigenvalue weighted by atomic mass is 16.6. The minimum atomic E-state index is -0.721. The molecule has 2 rings (SSSR count). The van der Waals surface area contributed by atoms with E-state index in [1.54, 1.807) is 13.8 Å². The molecule has 8 heteroatoms. The van der Waals surface area contributed by atoms with Gasteiger partial charge < -0.3 is 9.47 Å². The van der Waals surface area contributed by atoms with Crippen molar-refractivity contribution in [2.45, 2.75) is 13.8 Å². The van der Waals surface area contributed by atoms with E-state index in [4.69, 9.17) is 9.47 Å². The largest absolute Gasteiger partial charge is 0.447 e. The molecule has 8 nitrogen and oxygen atoms in total. The predicted octanol–water partition coefficient (Wildman–Crippen LogP) is 0.216. The number of hydrogen-bond donors (Lipinski definition) is 0. The maximum Gasteiger partial charge on any atom is 0.416 e. The van der Waals surface area contributed by atoms with E-state index in [1.807, 2.05) is 0 Å². The van der Waals surface area contributed by atoms with Crippen molar-refractivity contribution >= 4 is 24.0 Å². The van der Waals surface area contributed by atoms with Crippen LogP contribution in [0.1, 0.15) is 13.8 Å². The van der Waals surface area contributed by atoms with Gasteiger partial charge in [-0.05, 0) is 0 Å². The van der Waals surface area contributed by atoms with Crippen LogP contribution in [0.4, 0.5) is 9.59 Å². The fourth-order valence-electron chi connectivity index (χ4n) is 2.11. The molecule has 0 aliphatic carbocycles. The highest BCUT2D eigenvalue weighted by Gasteiger charge is 2.39. The first-order chi connectivity index (χ1) is 9.43. The SMILES string of the molecule is C[C@@H](C(=O)N1CCOC1=O)[C@@H](C)C(=O)N1CCOC1=O. The number of hydrogen-bond acceptors (Lipinski definition) is 6. The fraction of sp³-hybridized carbons (Fsp3) is 0.667. The van der Waals surface area contributed by atoms with Crippen LogP contribution < -0.4 is 0 Å². The molecule has 2 aliphatic rings. The Hall–Kier alpha value is -2.12. The normalized spacial score (nSPS) is 21.5. The van der Waals surface area contributed by atoms with Gasteiger partial charge in [0.25, 0.3) is 0 Å². The van der Waals surface area contributed by atoms with Crippen LogP contribution in [0.15, 0.2) is 0 Å². The molecule has 0 aromatic carbocycles. The van der Waals surface area contributed by atoms with E-state index >= 15 is 0 Å². The van der Waals surface area contributed by atoms with Gasteiger partial charge in [0.15, 0.2) is 0 Å². The average Bonchev–Trinajstić information content (AvgIpc) is 3.04. The average molecular weight is 284 g/mol. The highest BCUT2D eigenvalue weighted by Crippen LogP contribution is 2.20. The minimum absolute atomic E-state index is 0.165. The van der Waals surface area contributed by atoms with Crippen molar-refractivity contribution in [1.82, 2.24) is 9.80 Å². The molecular formula is C12H16N2O6. The number of cyclic esters (lactones) is 2. The Morgan fingerprint density at radius 1 is 0.900 bits per heavy atom. The lowest BCUT2D eigenvalue weighted by atomic mass is 9.93. The molecule has 0 aromatic rings. The van der Waals surface area contributed by atoms with Crippen molar-refractivity contribution in [1.29, 1.82) is 0 Å². The topological polar surface area (TPSA) is 93.2 Å². The molecule has 2 atom stereocenters. The predicted molar refractivity (Wildman–Crippen MR) is 64.5 cm³/mol. The smallest absolute Gasteiger partial charge is 0.416 e. The fourth-order valence-corrected chi connectivity index (χ4v) is 2.11. The molecule has 2 aliphatic heterocycles. The van der Waals surface area contributed by atoms with E-state index in [9.17, 15) is 19.2 Å². The molecule has 0 saturated carbocycles.